The second kappa shape index (κ2) is 9.44. The summed E-state index contributed by atoms with van der Waals surface area (Å²) >= 11 is 0. The molecule has 0 unspecified atom stereocenters. The van der Waals surface area contributed by atoms with E-state index in [1.165, 1.54) is 20.4 Å². The van der Waals surface area contributed by atoms with E-state index in [0.717, 1.165) is 18.6 Å². The number of esters is 2. The standard InChI is InChI=1S/C16H21NO5/c1-4-5-10-22-13-8-6-12(7-9-13)17-11-14(15(18)20-2)16(19)21-3/h6-9,11,17H,4-5,10H2,1-3H3. The highest BCUT2D eigenvalue weighted by Gasteiger charge is 2.19. The lowest BCUT2D eigenvalue weighted by molar-refractivity contribution is -0.144. The number of unbranched alkanes of at least 4 members (excludes halogenated alkanes) is 1. The van der Waals surface area contributed by atoms with E-state index in [1.54, 1.807) is 12.1 Å². The van der Waals surface area contributed by atoms with Gasteiger partial charge < -0.3 is 19.5 Å². The van der Waals surface area contributed by atoms with Gasteiger partial charge >= 0.3 is 11.9 Å². The molecule has 0 fully saturated rings. The molecule has 0 aliphatic heterocycles. The van der Waals surface area contributed by atoms with Crippen LogP contribution in [0.3, 0.4) is 0 Å². The Morgan fingerprint density at radius 2 is 1.68 bits per heavy atom. The summed E-state index contributed by atoms with van der Waals surface area (Å²) in [6.07, 6.45) is 3.34. The van der Waals surface area contributed by atoms with E-state index in [0.29, 0.717) is 12.3 Å². The number of anilines is 1. The number of benzene rings is 1. The Bertz CT molecular complexity index is 504. The van der Waals surface area contributed by atoms with E-state index in [9.17, 15) is 9.59 Å². The molecule has 1 aromatic carbocycles. The number of hydrogen-bond donors (Lipinski definition) is 1. The molecule has 0 heterocycles. The van der Waals surface area contributed by atoms with Gasteiger partial charge in [0.25, 0.3) is 0 Å². The zero-order valence-electron chi connectivity index (χ0n) is 13.0. The summed E-state index contributed by atoms with van der Waals surface area (Å²) in [5, 5.41) is 2.85. The van der Waals surface area contributed by atoms with Crippen LogP contribution in [0.1, 0.15) is 19.8 Å². The fourth-order valence-electron chi connectivity index (χ4n) is 1.56. The molecule has 1 aromatic rings. The maximum absolute atomic E-state index is 11.5. The lowest BCUT2D eigenvalue weighted by Gasteiger charge is -2.07. The minimum Gasteiger partial charge on any atom is -0.494 e. The molecule has 0 bridgehead atoms. The summed E-state index contributed by atoms with van der Waals surface area (Å²) in [4.78, 5) is 23.0. The molecule has 120 valence electrons. The molecule has 6 heteroatoms. The van der Waals surface area contributed by atoms with Crippen molar-refractivity contribution in [3.63, 3.8) is 0 Å². The summed E-state index contributed by atoms with van der Waals surface area (Å²) in [5.74, 6) is -0.762. The third-order valence-corrected chi connectivity index (χ3v) is 2.81. The number of carbonyl (C=O) groups is 2. The first-order chi connectivity index (χ1) is 10.6. The Kier molecular flexibility index (Phi) is 7.53. The first kappa shape index (κ1) is 17.6. The predicted octanol–water partition coefficient (Wildman–Crippen LogP) is 2.51. The van der Waals surface area contributed by atoms with Crippen LogP contribution >= 0.6 is 0 Å². The monoisotopic (exact) mass is 307 g/mol. The molecule has 0 aromatic heterocycles. The molecule has 1 rings (SSSR count). The number of nitrogens with one attached hydrogen (secondary N) is 1. The van der Waals surface area contributed by atoms with Crippen molar-refractivity contribution in [1.29, 1.82) is 0 Å². The first-order valence-electron chi connectivity index (χ1n) is 6.98. The molecule has 0 aliphatic carbocycles. The van der Waals surface area contributed by atoms with Crippen molar-refractivity contribution in [1.82, 2.24) is 0 Å². The van der Waals surface area contributed by atoms with Crippen molar-refractivity contribution in [2.75, 3.05) is 26.1 Å². The van der Waals surface area contributed by atoms with Gasteiger partial charge in [0, 0.05) is 11.9 Å². The van der Waals surface area contributed by atoms with Crippen molar-refractivity contribution in [2.24, 2.45) is 0 Å². The first-order valence-corrected chi connectivity index (χ1v) is 6.98. The van der Waals surface area contributed by atoms with E-state index in [2.05, 4.69) is 21.7 Å². The molecule has 0 saturated carbocycles. The Morgan fingerprint density at radius 1 is 1.09 bits per heavy atom. The lowest BCUT2D eigenvalue weighted by Crippen LogP contribution is -2.17. The minimum absolute atomic E-state index is 0.215. The van der Waals surface area contributed by atoms with Crippen LogP contribution < -0.4 is 10.1 Å². The van der Waals surface area contributed by atoms with E-state index < -0.39 is 11.9 Å². The largest absolute Gasteiger partial charge is 0.494 e. The van der Waals surface area contributed by atoms with Gasteiger partial charge in [-0.1, -0.05) is 13.3 Å². The highest BCUT2D eigenvalue weighted by atomic mass is 16.5. The smallest absolute Gasteiger partial charge is 0.346 e. The van der Waals surface area contributed by atoms with E-state index in [-0.39, 0.29) is 5.57 Å². The molecular weight excluding hydrogens is 286 g/mol. The van der Waals surface area contributed by atoms with Crippen LogP contribution in [0.25, 0.3) is 0 Å². The maximum atomic E-state index is 11.5. The highest BCUT2D eigenvalue weighted by molar-refractivity contribution is 6.14. The molecule has 0 saturated heterocycles. The van der Waals surface area contributed by atoms with Crippen LogP contribution in [0, 0.1) is 0 Å². The normalized spacial score (nSPS) is 9.59. The molecule has 0 radical (unpaired) electrons. The van der Waals surface area contributed by atoms with Gasteiger partial charge in [0.2, 0.25) is 0 Å². The second-order valence-electron chi connectivity index (χ2n) is 4.41. The van der Waals surface area contributed by atoms with Crippen molar-refractivity contribution >= 4 is 17.6 Å². The number of rotatable bonds is 8. The predicted molar refractivity (Wildman–Crippen MR) is 82.6 cm³/mol. The molecule has 0 aliphatic rings. The lowest BCUT2D eigenvalue weighted by atomic mass is 10.2. The van der Waals surface area contributed by atoms with Gasteiger partial charge in [0.15, 0.2) is 5.57 Å². The summed E-state index contributed by atoms with van der Waals surface area (Å²) in [7, 11) is 2.39. The Hall–Kier alpha value is -2.50. The molecule has 1 N–H and O–H groups in total. The maximum Gasteiger partial charge on any atom is 0.346 e. The van der Waals surface area contributed by atoms with E-state index in [1.807, 2.05) is 12.1 Å². The third-order valence-electron chi connectivity index (χ3n) is 2.81. The van der Waals surface area contributed by atoms with Crippen LogP contribution in [0.15, 0.2) is 36.0 Å². The Balaban J connectivity index is 2.70. The van der Waals surface area contributed by atoms with Crippen LogP contribution in [-0.4, -0.2) is 32.8 Å². The van der Waals surface area contributed by atoms with Crippen molar-refractivity contribution in [3.05, 3.63) is 36.0 Å². The average Bonchev–Trinajstić information content (AvgIpc) is 2.55. The molecule has 0 amide bonds. The molecule has 0 spiro atoms. The highest BCUT2D eigenvalue weighted by Crippen LogP contribution is 2.16. The number of hydrogen-bond acceptors (Lipinski definition) is 6. The topological polar surface area (TPSA) is 73.9 Å². The van der Waals surface area contributed by atoms with Crippen molar-refractivity contribution in [2.45, 2.75) is 19.8 Å². The summed E-state index contributed by atoms with van der Waals surface area (Å²) < 4.78 is 14.6. The van der Waals surface area contributed by atoms with Crippen LogP contribution in [0.2, 0.25) is 0 Å². The fourth-order valence-corrected chi connectivity index (χ4v) is 1.56. The van der Waals surface area contributed by atoms with Crippen LogP contribution in [0.5, 0.6) is 5.75 Å². The Labute approximate surface area is 130 Å². The molecule has 0 atom stereocenters. The van der Waals surface area contributed by atoms with Gasteiger partial charge in [-0.2, -0.15) is 0 Å². The van der Waals surface area contributed by atoms with Crippen molar-refractivity contribution in [3.8, 4) is 5.75 Å². The van der Waals surface area contributed by atoms with Gasteiger partial charge in [-0.25, -0.2) is 9.59 Å². The summed E-state index contributed by atoms with van der Waals surface area (Å²) in [5.41, 5.74) is 0.487. The molecule has 6 nitrogen and oxygen atoms in total. The molecule has 22 heavy (non-hydrogen) atoms. The summed E-state index contributed by atoms with van der Waals surface area (Å²) in [6, 6.07) is 7.18. The van der Waals surface area contributed by atoms with Crippen LogP contribution in [-0.2, 0) is 19.1 Å². The van der Waals surface area contributed by atoms with Crippen molar-refractivity contribution < 1.29 is 23.8 Å². The minimum atomic E-state index is -0.765. The van der Waals surface area contributed by atoms with Gasteiger partial charge in [-0.3, -0.25) is 0 Å². The average molecular weight is 307 g/mol. The quantitative estimate of drug-likeness (QED) is 0.261. The van der Waals surface area contributed by atoms with E-state index >= 15 is 0 Å². The molecular formula is C16H21NO5. The number of ether oxygens (including phenoxy) is 3. The summed E-state index contributed by atoms with van der Waals surface area (Å²) in [6.45, 7) is 2.78. The zero-order valence-corrected chi connectivity index (χ0v) is 13.0. The number of methoxy groups -OCH3 is 2. The SMILES string of the molecule is CCCCOc1ccc(NC=C(C(=O)OC)C(=O)OC)cc1. The van der Waals surface area contributed by atoms with Gasteiger partial charge in [-0.05, 0) is 30.7 Å². The Morgan fingerprint density at radius 3 is 2.18 bits per heavy atom. The zero-order chi connectivity index (χ0) is 16.4. The van der Waals surface area contributed by atoms with Gasteiger partial charge in [0.05, 0.1) is 20.8 Å². The van der Waals surface area contributed by atoms with Crippen LogP contribution in [0.4, 0.5) is 5.69 Å². The third kappa shape index (κ3) is 5.47. The van der Waals surface area contributed by atoms with Gasteiger partial charge in [-0.15, -0.1) is 0 Å². The second-order valence-corrected chi connectivity index (χ2v) is 4.41. The van der Waals surface area contributed by atoms with Gasteiger partial charge in [0.1, 0.15) is 5.75 Å². The number of carbonyl (C=O) groups excluding carboxylic acids is 2. The van der Waals surface area contributed by atoms with E-state index in [4.69, 9.17) is 4.74 Å². The fraction of sp³-hybridized carbons (Fsp3) is 0.375.